The van der Waals surface area contributed by atoms with Crippen molar-refractivity contribution >= 4 is 16.8 Å². The van der Waals surface area contributed by atoms with Crippen LogP contribution in [0.5, 0.6) is 0 Å². The zero-order chi connectivity index (χ0) is 11.4. The number of urea groups is 1. The van der Waals surface area contributed by atoms with Crippen molar-refractivity contribution in [3.05, 3.63) is 48.0 Å². The molecule has 16 heavy (non-hydrogen) atoms. The number of carbonyl (C=O) groups excluding carboxylic acids is 1. The maximum atomic E-state index is 11.0. The summed E-state index contributed by atoms with van der Waals surface area (Å²) >= 11 is 0. The Morgan fingerprint density at radius 1 is 1.12 bits per heavy atom. The lowest BCUT2D eigenvalue weighted by atomic mass is 10.1. The molecular weight excluding hydrogens is 200 g/mol. The van der Waals surface area contributed by atoms with Crippen molar-refractivity contribution in [3.8, 4) is 0 Å². The van der Waals surface area contributed by atoms with Crippen LogP contribution >= 0.6 is 0 Å². The fourth-order valence-corrected chi connectivity index (χ4v) is 1.62. The standard InChI is InChI=1S/C13H14N2O/c1-14-13(16)15-9-10-6-7-11-4-2-3-5-12(11)8-10/h2-8H,9H2,1H3,(H2,14,15,16). The number of hydrogen-bond acceptors (Lipinski definition) is 1. The molecule has 0 aromatic heterocycles. The summed E-state index contributed by atoms with van der Waals surface area (Å²) < 4.78 is 0. The minimum absolute atomic E-state index is 0.159. The van der Waals surface area contributed by atoms with Gasteiger partial charge in [0.15, 0.2) is 0 Å². The smallest absolute Gasteiger partial charge is 0.314 e. The molecule has 2 rings (SSSR count). The van der Waals surface area contributed by atoms with Gasteiger partial charge >= 0.3 is 6.03 Å². The number of benzene rings is 2. The second-order valence-corrected chi connectivity index (χ2v) is 3.61. The Kier molecular flexibility index (Phi) is 3.05. The monoisotopic (exact) mass is 214 g/mol. The molecule has 0 aliphatic carbocycles. The van der Waals surface area contributed by atoms with Crippen LogP contribution in [0.15, 0.2) is 42.5 Å². The molecule has 2 amide bonds. The molecule has 82 valence electrons. The highest BCUT2D eigenvalue weighted by molar-refractivity contribution is 5.83. The summed E-state index contributed by atoms with van der Waals surface area (Å²) in [6, 6.07) is 14.2. The molecule has 0 heterocycles. The van der Waals surface area contributed by atoms with E-state index in [0.29, 0.717) is 6.54 Å². The van der Waals surface area contributed by atoms with Crippen LogP contribution in [-0.2, 0) is 6.54 Å². The third-order valence-electron chi connectivity index (χ3n) is 2.49. The Morgan fingerprint density at radius 2 is 1.88 bits per heavy atom. The molecule has 3 heteroatoms. The van der Waals surface area contributed by atoms with Crippen molar-refractivity contribution < 1.29 is 4.79 Å². The van der Waals surface area contributed by atoms with Gasteiger partial charge in [-0.1, -0.05) is 36.4 Å². The van der Waals surface area contributed by atoms with E-state index in [1.807, 2.05) is 18.2 Å². The lowest BCUT2D eigenvalue weighted by Gasteiger charge is -2.05. The van der Waals surface area contributed by atoms with Crippen LogP contribution in [0.3, 0.4) is 0 Å². The highest BCUT2D eigenvalue weighted by atomic mass is 16.2. The van der Waals surface area contributed by atoms with Crippen LogP contribution in [0, 0.1) is 0 Å². The molecule has 0 saturated heterocycles. The lowest BCUT2D eigenvalue weighted by molar-refractivity contribution is 0.242. The summed E-state index contributed by atoms with van der Waals surface area (Å²) in [5.74, 6) is 0. The SMILES string of the molecule is CNC(=O)NCc1ccc2ccccc2c1. The molecule has 2 N–H and O–H groups in total. The lowest BCUT2D eigenvalue weighted by Crippen LogP contribution is -2.32. The molecule has 0 spiro atoms. The van der Waals surface area contributed by atoms with Crippen molar-refractivity contribution in [1.29, 1.82) is 0 Å². The van der Waals surface area contributed by atoms with Crippen molar-refractivity contribution in [2.75, 3.05) is 7.05 Å². The van der Waals surface area contributed by atoms with Gasteiger partial charge in [-0.25, -0.2) is 4.79 Å². The van der Waals surface area contributed by atoms with Gasteiger partial charge in [0, 0.05) is 13.6 Å². The van der Waals surface area contributed by atoms with Gasteiger partial charge in [0.25, 0.3) is 0 Å². The zero-order valence-corrected chi connectivity index (χ0v) is 9.16. The van der Waals surface area contributed by atoms with E-state index >= 15 is 0 Å². The van der Waals surface area contributed by atoms with Crippen LogP contribution in [0.1, 0.15) is 5.56 Å². The van der Waals surface area contributed by atoms with Crippen LogP contribution in [0.4, 0.5) is 4.79 Å². The Labute approximate surface area is 94.5 Å². The Bertz CT molecular complexity index is 508. The molecule has 0 unspecified atom stereocenters. The van der Waals surface area contributed by atoms with E-state index in [-0.39, 0.29) is 6.03 Å². The predicted molar refractivity (Wildman–Crippen MR) is 65.2 cm³/mol. The van der Waals surface area contributed by atoms with E-state index in [9.17, 15) is 4.79 Å². The van der Waals surface area contributed by atoms with E-state index in [4.69, 9.17) is 0 Å². The molecule has 0 aliphatic heterocycles. The first-order valence-electron chi connectivity index (χ1n) is 5.23. The van der Waals surface area contributed by atoms with E-state index in [1.165, 1.54) is 10.8 Å². The maximum absolute atomic E-state index is 11.0. The van der Waals surface area contributed by atoms with Crippen LogP contribution in [-0.4, -0.2) is 13.1 Å². The Morgan fingerprint density at radius 3 is 2.62 bits per heavy atom. The molecule has 0 radical (unpaired) electrons. The summed E-state index contributed by atoms with van der Waals surface area (Å²) in [6.45, 7) is 0.546. The summed E-state index contributed by atoms with van der Waals surface area (Å²) in [7, 11) is 1.61. The topological polar surface area (TPSA) is 41.1 Å². The first-order valence-corrected chi connectivity index (χ1v) is 5.23. The highest BCUT2D eigenvalue weighted by Gasteiger charge is 1.98. The molecule has 2 aromatic rings. The quantitative estimate of drug-likeness (QED) is 0.791. The second-order valence-electron chi connectivity index (χ2n) is 3.61. The van der Waals surface area contributed by atoms with Crippen LogP contribution in [0.25, 0.3) is 10.8 Å². The average Bonchev–Trinajstić information content (AvgIpc) is 2.35. The van der Waals surface area contributed by atoms with Crippen molar-refractivity contribution in [1.82, 2.24) is 10.6 Å². The van der Waals surface area contributed by atoms with Gasteiger partial charge in [-0.2, -0.15) is 0 Å². The second kappa shape index (κ2) is 4.66. The van der Waals surface area contributed by atoms with Crippen molar-refractivity contribution in [2.24, 2.45) is 0 Å². The van der Waals surface area contributed by atoms with Crippen LogP contribution in [0.2, 0.25) is 0 Å². The third kappa shape index (κ3) is 2.31. The number of hydrogen-bond donors (Lipinski definition) is 2. The molecule has 3 nitrogen and oxygen atoms in total. The molecule has 0 saturated carbocycles. The van der Waals surface area contributed by atoms with Gasteiger partial charge in [-0.3, -0.25) is 0 Å². The van der Waals surface area contributed by atoms with E-state index in [2.05, 4.69) is 34.9 Å². The van der Waals surface area contributed by atoms with E-state index in [1.54, 1.807) is 7.05 Å². The molecule has 0 atom stereocenters. The molecule has 0 fully saturated rings. The predicted octanol–water partition coefficient (Wildman–Crippen LogP) is 2.27. The molecule has 0 bridgehead atoms. The third-order valence-corrected chi connectivity index (χ3v) is 2.49. The molecule has 2 aromatic carbocycles. The molecular formula is C13H14N2O. The Balaban J connectivity index is 2.16. The van der Waals surface area contributed by atoms with Crippen molar-refractivity contribution in [2.45, 2.75) is 6.54 Å². The van der Waals surface area contributed by atoms with E-state index < -0.39 is 0 Å². The first-order chi connectivity index (χ1) is 7.79. The number of carbonyl (C=O) groups is 1. The first kappa shape index (κ1) is 10.5. The van der Waals surface area contributed by atoms with Gasteiger partial charge in [0.1, 0.15) is 0 Å². The largest absolute Gasteiger partial charge is 0.341 e. The van der Waals surface area contributed by atoms with Gasteiger partial charge in [-0.05, 0) is 22.4 Å². The fraction of sp³-hybridized carbons (Fsp3) is 0.154. The van der Waals surface area contributed by atoms with Crippen molar-refractivity contribution in [3.63, 3.8) is 0 Å². The molecule has 0 aliphatic rings. The summed E-state index contributed by atoms with van der Waals surface area (Å²) in [5.41, 5.74) is 1.10. The van der Waals surface area contributed by atoms with Gasteiger partial charge in [-0.15, -0.1) is 0 Å². The summed E-state index contributed by atoms with van der Waals surface area (Å²) in [4.78, 5) is 11.0. The van der Waals surface area contributed by atoms with Gasteiger partial charge in [0.05, 0.1) is 0 Å². The minimum Gasteiger partial charge on any atom is -0.341 e. The average molecular weight is 214 g/mol. The minimum atomic E-state index is -0.159. The summed E-state index contributed by atoms with van der Waals surface area (Å²) in [5, 5.41) is 7.69. The highest BCUT2D eigenvalue weighted by Crippen LogP contribution is 2.15. The fourth-order valence-electron chi connectivity index (χ4n) is 1.62. The van der Waals surface area contributed by atoms with Crippen LogP contribution < -0.4 is 10.6 Å². The number of amides is 2. The number of fused-ring (bicyclic) bond motifs is 1. The number of rotatable bonds is 2. The van der Waals surface area contributed by atoms with E-state index in [0.717, 1.165) is 5.56 Å². The van der Waals surface area contributed by atoms with Gasteiger partial charge < -0.3 is 10.6 Å². The Hall–Kier alpha value is -2.03. The summed E-state index contributed by atoms with van der Waals surface area (Å²) in [6.07, 6.45) is 0. The maximum Gasteiger partial charge on any atom is 0.314 e. The number of nitrogens with one attached hydrogen (secondary N) is 2. The van der Waals surface area contributed by atoms with Gasteiger partial charge in [0.2, 0.25) is 0 Å². The normalized spacial score (nSPS) is 10.1. The zero-order valence-electron chi connectivity index (χ0n) is 9.16.